The van der Waals surface area contributed by atoms with Gasteiger partial charge in [-0.3, -0.25) is 0 Å². The number of carbonyl (C=O) groups excluding carboxylic acids is 2. The molecular weight excluding hydrogens is 176 g/mol. The predicted molar refractivity (Wildman–Crippen MR) is 45.4 cm³/mol. The van der Waals surface area contributed by atoms with Gasteiger partial charge in [0.1, 0.15) is 0 Å². The van der Waals surface area contributed by atoms with Gasteiger partial charge in [-0.15, -0.1) is 0 Å². The highest BCUT2D eigenvalue weighted by Crippen LogP contribution is 1.77. The van der Waals surface area contributed by atoms with Gasteiger partial charge in [0, 0.05) is 13.1 Å². The minimum atomic E-state index is -0.474. The van der Waals surface area contributed by atoms with Crippen molar-refractivity contribution in [3.05, 3.63) is 0 Å². The maximum absolute atomic E-state index is 10.5. The Balaban J connectivity index is 3.17. The highest BCUT2D eigenvalue weighted by molar-refractivity contribution is 5.67. The molecule has 0 unspecified atom stereocenters. The molecule has 0 aliphatic rings. The van der Waals surface area contributed by atoms with Gasteiger partial charge in [-0.2, -0.15) is 0 Å². The van der Waals surface area contributed by atoms with Gasteiger partial charge in [0.05, 0.1) is 14.2 Å². The van der Waals surface area contributed by atoms with E-state index in [4.69, 9.17) is 0 Å². The molecule has 0 aromatic heterocycles. The van der Waals surface area contributed by atoms with Gasteiger partial charge in [0.2, 0.25) is 0 Å². The molecule has 0 aliphatic carbocycles. The number of methoxy groups -OCH3 is 2. The van der Waals surface area contributed by atoms with Crippen LogP contribution in [0.1, 0.15) is 6.42 Å². The Kier molecular flexibility index (Phi) is 6.39. The molecule has 0 radical (unpaired) electrons. The van der Waals surface area contributed by atoms with E-state index in [9.17, 15) is 9.59 Å². The van der Waals surface area contributed by atoms with Crippen molar-refractivity contribution < 1.29 is 19.1 Å². The zero-order chi connectivity index (χ0) is 10.1. The highest BCUT2D eigenvalue weighted by Gasteiger charge is 1.98. The zero-order valence-corrected chi connectivity index (χ0v) is 7.75. The van der Waals surface area contributed by atoms with Gasteiger partial charge in [0.15, 0.2) is 0 Å². The van der Waals surface area contributed by atoms with E-state index in [2.05, 4.69) is 20.1 Å². The lowest BCUT2D eigenvalue weighted by molar-refractivity contribution is 0.169. The summed E-state index contributed by atoms with van der Waals surface area (Å²) in [4.78, 5) is 21.0. The normalized spacial score (nSPS) is 8.77. The molecule has 13 heavy (non-hydrogen) atoms. The van der Waals surface area contributed by atoms with Crippen molar-refractivity contribution in [2.45, 2.75) is 6.42 Å². The summed E-state index contributed by atoms with van der Waals surface area (Å²) in [7, 11) is 2.59. The smallest absolute Gasteiger partial charge is 0.406 e. The van der Waals surface area contributed by atoms with Crippen molar-refractivity contribution in [2.24, 2.45) is 0 Å². The number of amides is 2. The van der Waals surface area contributed by atoms with Gasteiger partial charge >= 0.3 is 12.2 Å². The predicted octanol–water partition coefficient (Wildman–Crippen LogP) is 0.0885. The van der Waals surface area contributed by atoms with Gasteiger partial charge in [-0.05, 0) is 6.42 Å². The Morgan fingerprint density at radius 1 is 1.00 bits per heavy atom. The first kappa shape index (κ1) is 11.5. The number of ether oxygens (including phenoxy) is 2. The summed E-state index contributed by atoms with van der Waals surface area (Å²) in [5, 5.41) is 4.94. The SMILES string of the molecule is COC(=O)NCCCNC(=O)OC. The van der Waals surface area contributed by atoms with Crippen LogP contribution in [0.25, 0.3) is 0 Å². The van der Waals surface area contributed by atoms with Crippen LogP contribution >= 0.6 is 0 Å². The van der Waals surface area contributed by atoms with Crippen LogP contribution in [0.5, 0.6) is 0 Å². The Morgan fingerprint density at radius 2 is 1.38 bits per heavy atom. The Bertz CT molecular complexity index is 154. The number of hydrogen-bond donors (Lipinski definition) is 2. The molecule has 0 saturated heterocycles. The molecule has 0 aliphatic heterocycles. The van der Waals surface area contributed by atoms with Crippen molar-refractivity contribution >= 4 is 12.2 Å². The van der Waals surface area contributed by atoms with Crippen LogP contribution < -0.4 is 10.6 Å². The van der Waals surface area contributed by atoms with E-state index < -0.39 is 12.2 Å². The molecule has 0 fully saturated rings. The quantitative estimate of drug-likeness (QED) is 0.616. The molecule has 0 atom stereocenters. The van der Waals surface area contributed by atoms with E-state index in [0.29, 0.717) is 19.5 Å². The monoisotopic (exact) mass is 190 g/mol. The molecular formula is C7H14N2O4. The molecule has 0 bridgehead atoms. The second-order valence-electron chi connectivity index (χ2n) is 2.19. The molecule has 0 saturated carbocycles. The fourth-order valence-corrected chi connectivity index (χ4v) is 0.614. The summed E-state index contributed by atoms with van der Waals surface area (Å²) in [5.41, 5.74) is 0. The number of hydrogen-bond acceptors (Lipinski definition) is 4. The van der Waals surface area contributed by atoms with Crippen molar-refractivity contribution in [1.29, 1.82) is 0 Å². The van der Waals surface area contributed by atoms with Crippen molar-refractivity contribution in [2.75, 3.05) is 27.3 Å². The average Bonchev–Trinajstić information content (AvgIpc) is 2.16. The lowest BCUT2D eigenvalue weighted by Gasteiger charge is -2.04. The number of nitrogens with one attached hydrogen (secondary N) is 2. The van der Waals surface area contributed by atoms with Gasteiger partial charge < -0.3 is 20.1 Å². The molecule has 0 heterocycles. The van der Waals surface area contributed by atoms with Crippen molar-refractivity contribution in [3.63, 3.8) is 0 Å². The summed E-state index contributed by atoms with van der Waals surface area (Å²) in [5.74, 6) is 0. The first-order valence-electron chi connectivity index (χ1n) is 3.84. The fourth-order valence-electron chi connectivity index (χ4n) is 0.614. The van der Waals surface area contributed by atoms with E-state index in [1.807, 2.05) is 0 Å². The van der Waals surface area contributed by atoms with Crippen LogP contribution in [-0.4, -0.2) is 39.5 Å². The fraction of sp³-hybridized carbons (Fsp3) is 0.714. The lowest BCUT2D eigenvalue weighted by Crippen LogP contribution is -2.29. The van der Waals surface area contributed by atoms with E-state index >= 15 is 0 Å². The van der Waals surface area contributed by atoms with Crippen LogP contribution in [-0.2, 0) is 9.47 Å². The topological polar surface area (TPSA) is 76.7 Å². The number of alkyl carbamates (subject to hydrolysis) is 2. The maximum atomic E-state index is 10.5. The molecule has 0 aromatic rings. The van der Waals surface area contributed by atoms with Crippen LogP contribution in [0, 0.1) is 0 Å². The second kappa shape index (κ2) is 7.20. The van der Waals surface area contributed by atoms with E-state index in [-0.39, 0.29) is 0 Å². The first-order chi connectivity index (χ1) is 6.20. The van der Waals surface area contributed by atoms with E-state index in [1.54, 1.807) is 0 Å². The van der Waals surface area contributed by atoms with Crippen LogP contribution in [0.15, 0.2) is 0 Å². The van der Waals surface area contributed by atoms with Crippen LogP contribution in [0.3, 0.4) is 0 Å². The standard InChI is InChI=1S/C7H14N2O4/c1-12-6(10)8-4-3-5-9-7(11)13-2/h3-5H2,1-2H3,(H,8,10)(H,9,11). The van der Waals surface area contributed by atoms with Crippen LogP contribution in [0.4, 0.5) is 9.59 Å². The summed E-state index contributed by atoms with van der Waals surface area (Å²) in [6.07, 6.45) is -0.319. The minimum Gasteiger partial charge on any atom is -0.453 e. The minimum absolute atomic E-state index is 0.455. The van der Waals surface area contributed by atoms with Gasteiger partial charge in [-0.1, -0.05) is 0 Å². The Labute approximate surface area is 76.6 Å². The Hall–Kier alpha value is -1.46. The third-order valence-electron chi connectivity index (χ3n) is 1.26. The molecule has 0 spiro atoms. The van der Waals surface area contributed by atoms with Crippen LogP contribution in [0.2, 0.25) is 0 Å². The Morgan fingerprint density at radius 3 is 1.69 bits per heavy atom. The molecule has 0 aromatic carbocycles. The largest absolute Gasteiger partial charge is 0.453 e. The lowest BCUT2D eigenvalue weighted by atomic mass is 10.4. The second-order valence-corrected chi connectivity index (χ2v) is 2.19. The average molecular weight is 190 g/mol. The molecule has 6 heteroatoms. The first-order valence-corrected chi connectivity index (χ1v) is 3.84. The van der Waals surface area contributed by atoms with Gasteiger partial charge in [-0.25, -0.2) is 9.59 Å². The van der Waals surface area contributed by atoms with Gasteiger partial charge in [0.25, 0.3) is 0 Å². The summed E-state index contributed by atoms with van der Waals surface area (Å²) in [6, 6.07) is 0. The molecule has 2 N–H and O–H groups in total. The molecule has 6 nitrogen and oxygen atoms in total. The molecule has 0 rings (SSSR count). The van der Waals surface area contributed by atoms with E-state index in [1.165, 1.54) is 14.2 Å². The zero-order valence-electron chi connectivity index (χ0n) is 7.75. The van der Waals surface area contributed by atoms with E-state index in [0.717, 1.165) is 0 Å². The summed E-state index contributed by atoms with van der Waals surface area (Å²) in [6.45, 7) is 0.910. The third-order valence-corrected chi connectivity index (χ3v) is 1.26. The third kappa shape index (κ3) is 6.92. The van der Waals surface area contributed by atoms with Crippen molar-refractivity contribution in [3.8, 4) is 0 Å². The summed E-state index contributed by atoms with van der Waals surface area (Å²) >= 11 is 0. The van der Waals surface area contributed by atoms with Crippen molar-refractivity contribution in [1.82, 2.24) is 10.6 Å². The molecule has 76 valence electrons. The summed E-state index contributed by atoms with van der Waals surface area (Å²) < 4.78 is 8.67. The number of rotatable bonds is 4. The molecule has 2 amide bonds. The number of carbonyl (C=O) groups is 2. The highest BCUT2D eigenvalue weighted by atomic mass is 16.5. The maximum Gasteiger partial charge on any atom is 0.406 e.